The maximum Gasteiger partial charge on any atom is 0.286 e. The molecule has 0 saturated heterocycles. The van der Waals surface area contributed by atoms with Crippen molar-refractivity contribution in [1.29, 1.82) is 5.26 Å². The molecule has 0 aliphatic carbocycles. The van der Waals surface area contributed by atoms with E-state index in [9.17, 15) is 0 Å². The van der Waals surface area contributed by atoms with Gasteiger partial charge in [-0.15, -0.1) is 0 Å². The lowest BCUT2D eigenvalue weighted by molar-refractivity contribution is 0.195. The van der Waals surface area contributed by atoms with Crippen molar-refractivity contribution in [3.05, 3.63) is 12.7 Å². The minimum atomic E-state index is -0.0833. The topological polar surface area (TPSA) is 33.0 Å². The summed E-state index contributed by atoms with van der Waals surface area (Å²) < 4.78 is 4.62. The third-order valence-corrected chi connectivity index (χ3v) is 1.04. The van der Waals surface area contributed by atoms with E-state index in [1.165, 1.54) is 0 Å². The summed E-state index contributed by atoms with van der Waals surface area (Å²) in [7, 11) is 0. The fourth-order valence-corrected chi connectivity index (χ4v) is 0.577. The number of nitrogens with zero attached hydrogens (tertiary/aromatic N) is 1. The fraction of sp³-hybridized carbons (Fsp3) is 0.571. The van der Waals surface area contributed by atoms with E-state index in [0.29, 0.717) is 0 Å². The normalized spacial score (nSPS) is 11.6. The van der Waals surface area contributed by atoms with E-state index in [-0.39, 0.29) is 6.10 Å². The zero-order valence-electron chi connectivity index (χ0n) is 5.63. The average molecular weight is 125 g/mol. The van der Waals surface area contributed by atoms with E-state index in [0.717, 1.165) is 12.8 Å². The third kappa shape index (κ3) is 3.60. The highest BCUT2D eigenvalue weighted by Gasteiger charge is 1.99. The van der Waals surface area contributed by atoms with Gasteiger partial charge in [0.2, 0.25) is 0 Å². The average Bonchev–Trinajstić information content (AvgIpc) is 1.88. The molecule has 0 aromatic heterocycles. The molecule has 50 valence electrons. The molecule has 1 atom stereocenters. The summed E-state index contributed by atoms with van der Waals surface area (Å²) in [6, 6.07) is 0. The molecule has 9 heavy (non-hydrogen) atoms. The van der Waals surface area contributed by atoms with Gasteiger partial charge in [0.05, 0.1) is 0 Å². The summed E-state index contributed by atoms with van der Waals surface area (Å²) in [4.78, 5) is 0. The van der Waals surface area contributed by atoms with E-state index in [1.807, 2.05) is 6.92 Å². The Kier molecular flexibility index (Phi) is 4.61. The molecule has 0 N–H and O–H groups in total. The minimum Gasteiger partial charge on any atom is -0.420 e. The van der Waals surface area contributed by atoms with Gasteiger partial charge in [0.25, 0.3) is 6.26 Å². The van der Waals surface area contributed by atoms with Crippen molar-refractivity contribution in [3.63, 3.8) is 0 Å². The number of hydrogen-bond acceptors (Lipinski definition) is 2. The van der Waals surface area contributed by atoms with Crippen LogP contribution in [0.25, 0.3) is 0 Å². The Labute approximate surface area is 55.7 Å². The lowest BCUT2D eigenvalue weighted by Crippen LogP contribution is -2.04. The molecule has 1 unspecified atom stereocenters. The zero-order chi connectivity index (χ0) is 7.11. The van der Waals surface area contributed by atoms with Crippen LogP contribution in [-0.4, -0.2) is 6.10 Å². The van der Waals surface area contributed by atoms with Crippen LogP contribution in [0, 0.1) is 11.5 Å². The monoisotopic (exact) mass is 125 g/mol. The van der Waals surface area contributed by atoms with Crippen molar-refractivity contribution in [2.24, 2.45) is 0 Å². The second-order valence-electron chi connectivity index (χ2n) is 1.77. The van der Waals surface area contributed by atoms with Crippen LogP contribution in [0.2, 0.25) is 0 Å². The molecule has 0 aliphatic rings. The molecule has 0 aliphatic heterocycles. The fourth-order valence-electron chi connectivity index (χ4n) is 0.577. The first-order valence-corrected chi connectivity index (χ1v) is 3.02. The van der Waals surface area contributed by atoms with Crippen molar-refractivity contribution in [3.8, 4) is 6.26 Å². The van der Waals surface area contributed by atoms with Crippen LogP contribution >= 0.6 is 0 Å². The van der Waals surface area contributed by atoms with Gasteiger partial charge in [0.1, 0.15) is 6.10 Å². The Morgan fingerprint density at radius 2 is 2.56 bits per heavy atom. The molecule has 2 nitrogen and oxygen atoms in total. The van der Waals surface area contributed by atoms with Crippen LogP contribution in [0.1, 0.15) is 19.8 Å². The van der Waals surface area contributed by atoms with E-state index >= 15 is 0 Å². The summed E-state index contributed by atoms with van der Waals surface area (Å²) in [5.74, 6) is 0. The van der Waals surface area contributed by atoms with Crippen LogP contribution in [0.4, 0.5) is 0 Å². The van der Waals surface area contributed by atoms with E-state index in [1.54, 1.807) is 12.3 Å². The Morgan fingerprint density at radius 1 is 1.89 bits per heavy atom. The zero-order valence-corrected chi connectivity index (χ0v) is 5.63. The van der Waals surface area contributed by atoms with Gasteiger partial charge in [0, 0.05) is 0 Å². The molecule has 0 rings (SSSR count). The van der Waals surface area contributed by atoms with Gasteiger partial charge in [-0.05, 0) is 6.42 Å². The predicted octanol–water partition coefficient (Wildman–Crippen LogP) is 1.84. The summed E-state index contributed by atoms with van der Waals surface area (Å²) >= 11 is 0. The van der Waals surface area contributed by atoms with Crippen molar-refractivity contribution < 1.29 is 4.74 Å². The van der Waals surface area contributed by atoms with Gasteiger partial charge in [-0.3, -0.25) is 0 Å². The first-order chi connectivity index (χ1) is 4.35. The van der Waals surface area contributed by atoms with E-state index in [4.69, 9.17) is 5.26 Å². The summed E-state index contributed by atoms with van der Waals surface area (Å²) in [5.41, 5.74) is 0. The maximum atomic E-state index is 8.07. The van der Waals surface area contributed by atoms with Crippen LogP contribution in [-0.2, 0) is 4.74 Å². The highest BCUT2D eigenvalue weighted by molar-refractivity contribution is 4.81. The Hall–Kier alpha value is -0.970. The van der Waals surface area contributed by atoms with Gasteiger partial charge in [-0.2, -0.15) is 5.26 Å². The minimum absolute atomic E-state index is 0.0833. The van der Waals surface area contributed by atoms with Crippen molar-refractivity contribution in [2.45, 2.75) is 25.9 Å². The Balaban J connectivity index is 3.44. The SMILES string of the molecule is C=CC(CCC)OC#N. The van der Waals surface area contributed by atoms with Gasteiger partial charge in [-0.25, -0.2) is 0 Å². The molecule has 0 radical (unpaired) electrons. The summed E-state index contributed by atoms with van der Waals surface area (Å²) in [6.07, 6.45) is 5.08. The number of rotatable bonds is 4. The lowest BCUT2D eigenvalue weighted by Gasteiger charge is -2.04. The number of nitriles is 1. The molecule has 0 heterocycles. The van der Waals surface area contributed by atoms with Crippen LogP contribution in [0.15, 0.2) is 12.7 Å². The first kappa shape index (κ1) is 8.03. The van der Waals surface area contributed by atoms with Gasteiger partial charge < -0.3 is 4.74 Å². The van der Waals surface area contributed by atoms with Crippen molar-refractivity contribution >= 4 is 0 Å². The molecule has 0 fully saturated rings. The molecule has 0 bridgehead atoms. The second-order valence-corrected chi connectivity index (χ2v) is 1.77. The molecule has 0 aromatic carbocycles. The highest BCUT2D eigenvalue weighted by Crippen LogP contribution is 2.00. The molecular formula is C7H11NO. The maximum absolute atomic E-state index is 8.07. The van der Waals surface area contributed by atoms with Crippen molar-refractivity contribution in [2.75, 3.05) is 0 Å². The Bertz CT molecular complexity index is 115. The third-order valence-electron chi connectivity index (χ3n) is 1.04. The quantitative estimate of drug-likeness (QED) is 0.424. The van der Waals surface area contributed by atoms with Crippen LogP contribution < -0.4 is 0 Å². The summed E-state index contributed by atoms with van der Waals surface area (Å²) in [5, 5.41) is 8.07. The van der Waals surface area contributed by atoms with Crippen LogP contribution in [0.3, 0.4) is 0 Å². The lowest BCUT2D eigenvalue weighted by atomic mass is 10.2. The molecule has 0 amide bonds. The largest absolute Gasteiger partial charge is 0.420 e. The molecule has 2 heteroatoms. The standard InChI is InChI=1S/C7H11NO/c1-3-5-7(4-2)9-6-8/h4,7H,2-3,5H2,1H3. The van der Waals surface area contributed by atoms with Gasteiger partial charge >= 0.3 is 0 Å². The van der Waals surface area contributed by atoms with Gasteiger partial charge in [-0.1, -0.05) is 26.0 Å². The van der Waals surface area contributed by atoms with Gasteiger partial charge in [0.15, 0.2) is 0 Å². The first-order valence-electron chi connectivity index (χ1n) is 3.02. The number of ether oxygens (including phenoxy) is 1. The molecule has 0 aromatic rings. The molecule has 0 saturated carbocycles. The molecule has 0 spiro atoms. The Morgan fingerprint density at radius 3 is 2.89 bits per heavy atom. The summed E-state index contributed by atoms with van der Waals surface area (Å²) in [6.45, 7) is 5.56. The smallest absolute Gasteiger partial charge is 0.286 e. The van der Waals surface area contributed by atoms with E-state index in [2.05, 4.69) is 11.3 Å². The second kappa shape index (κ2) is 5.17. The van der Waals surface area contributed by atoms with E-state index < -0.39 is 0 Å². The highest BCUT2D eigenvalue weighted by atomic mass is 16.5. The number of hydrogen-bond donors (Lipinski definition) is 0. The van der Waals surface area contributed by atoms with Crippen LogP contribution in [0.5, 0.6) is 0 Å². The molecular weight excluding hydrogens is 114 g/mol. The van der Waals surface area contributed by atoms with Crippen molar-refractivity contribution in [1.82, 2.24) is 0 Å². The predicted molar refractivity (Wildman–Crippen MR) is 35.6 cm³/mol.